The lowest BCUT2D eigenvalue weighted by molar-refractivity contribution is 0.132. The fourth-order valence-corrected chi connectivity index (χ4v) is 2.42. The highest BCUT2D eigenvalue weighted by molar-refractivity contribution is 4.82. The van der Waals surface area contributed by atoms with E-state index in [1.807, 2.05) is 6.92 Å². The largest absolute Gasteiger partial charge is 0.394 e. The Morgan fingerprint density at radius 2 is 2.00 bits per heavy atom. The normalized spacial score (nSPS) is 23.6. The molecule has 16 heavy (non-hydrogen) atoms. The van der Waals surface area contributed by atoms with Gasteiger partial charge in [-0.25, -0.2) is 0 Å². The number of likely N-dealkylation sites (tertiary alicyclic amines) is 1. The van der Waals surface area contributed by atoms with E-state index in [9.17, 15) is 0 Å². The minimum atomic E-state index is -0.472. The van der Waals surface area contributed by atoms with Crippen LogP contribution in [0, 0.1) is 5.92 Å². The average Bonchev–Trinajstić information content (AvgIpc) is 2.21. The molecule has 0 radical (unpaired) electrons. The topological polar surface area (TPSA) is 52.7 Å². The van der Waals surface area contributed by atoms with Crippen LogP contribution in [0.3, 0.4) is 0 Å². The number of aliphatic hydroxyl groups excluding tert-OH is 1. The molecule has 3 N–H and O–H groups in total. The van der Waals surface area contributed by atoms with Crippen molar-refractivity contribution in [2.75, 3.05) is 46.9 Å². The van der Waals surface area contributed by atoms with Crippen molar-refractivity contribution in [2.45, 2.75) is 25.3 Å². The third kappa shape index (κ3) is 4.78. The van der Waals surface area contributed by atoms with E-state index in [0.29, 0.717) is 0 Å². The first-order chi connectivity index (χ1) is 7.43. The lowest BCUT2D eigenvalue weighted by Gasteiger charge is -2.34. The molecule has 0 spiro atoms. The maximum atomic E-state index is 9.13. The van der Waals surface area contributed by atoms with Crippen LogP contribution >= 0.6 is 0 Å². The molecule has 0 bridgehead atoms. The highest BCUT2D eigenvalue weighted by atomic mass is 16.3. The summed E-state index contributed by atoms with van der Waals surface area (Å²) in [6.45, 7) is 6.22. The smallest absolute Gasteiger partial charge is 0.0621 e. The van der Waals surface area contributed by atoms with Crippen molar-refractivity contribution < 1.29 is 5.11 Å². The second-order valence-electron chi connectivity index (χ2n) is 5.76. The molecule has 1 unspecified atom stereocenters. The van der Waals surface area contributed by atoms with Gasteiger partial charge in [0, 0.05) is 18.6 Å². The van der Waals surface area contributed by atoms with Gasteiger partial charge in [0.25, 0.3) is 0 Å². The summed E-state index contributed by atoms with van der Waals surface area (Å²) < 4.78 is 0. The number of nitrogens with two attached hydrogens (primary N) is 1. The monoisotopic (exact) mass is 229 g/mol. The summed E-state index contributed by atoms with van der Waals surface area (Å²) in [5.41, 5.74) is 5.47. The van der Waals surface area contributed by atoms with Gasteiger partial charge >= 0.3 is 0 Å². The summed E-state index contributed by atoms with van der Waals surface area (Å²) in [5, 5.41) is 9.13. The average molecular weight is 229 g/mol. The molecule has 0 aromatic carbocycles. The van der Waals surface area contributed by atoms with Crippen LogP contribution in [-0.2, 0) is 0 Å². The molecule has 1 aliphatic rings. The molecule has 1 heterocycles. The molecular formula is C12H27N3O. The van der Waals surface area contributed by atoms with Gasteiger partial charge in [-0.2, -0.15) is 0 Å². The molecule has 96 valence electrons. The van der Waals surface area contributed by atoms with E-state index in [2.05, 4.69) is 23.9 Å². The molecule has 0 aromatic heterocycles. The number of aliphatic hydroxyl groups is 1. The summed E-state index contributed by atoms with van der Waals surface area (Å²) in [6.07, 6.45) is 2.56. The molecule has 1 rings (SSSR count). The van der Waals surface area contributed by atoms with Gasteiger partial charge in [0.05, 0.1) is 6.61 Å². The summed E-state index contributed by atoms with van der Waals surface area (Å²) in [6, 6.07) is 0. The highest BCUT2D eigenvalue weighted by Crippen LogP contribution is 2.17. The number of piperidine rings is 1. The van der Waals surface area contributed by atoms with E-state index in [4.69, 9.17) is 10.8 Å². The van der Waals surface area contributed by atoms with E-state index in [1.165, 1.54) is 25.9 Å². The molecule has 4 nitrogen and oxygen atoms in total. The summed E-state index contributed by atoms with van der Waals surface area (Å²) in [4.78, 5) is 4.64. The molecule has 0 amide bonds. The Morgan fingerprint density at radius 1 is 1.44 bits per heavy atom. The Balaban J connectivity index is 2.26. The Bertz CT molecular complexity index is 200. The van der Waals surface area contributed by atoms with Crippen LogP contribution in [0.15, 0.2) is 0 Å². The van der Waals surface area contributed by atoms with E-state index in [0.717, 1.165) is 19.0 Å². The minimum Gasteiger partial charge on any atom is -0.394 e. The third-order valence-corrected chi connectivity index (χ3v) is 3.40. The lowest BCUT2D eigenvalue weighted by Crippen LogP contribution is -2.50. The van der Waals surface area contributed by atoms with Crippen LogP contribution in [0.5, 0.6) is 0 Å². The zero-order valence-corrected chi connectivity index (χ0v) is 10.9. The number of nitrogens with zero attached hydrogens (tertiary/aromatic N) is 2. The first-order valence-electron chi connectivity index (χ1n) is 6.20. The van der Waals surface area contributed by atoms with Gasteiger partial charge in [-0.3, -0.25) is 0 Å². The number of rotatable bonds is 5. The van der Waals surface area contributed by atoms with Gasteiger partial charge in [0.2, 0.25) is 0 Å². The van der Waals surface area contributed by atoms with Crippen LogP contribution < -0.4 is 5.73 Å². The number of hydrogen-bond donors (Lipinski definition) is 2. The van der Waals surface area contributed by atoms with Crippen molar-refractivity contribution in [1.82, 2.24) is 9.80 Å². The quantitative estimate of drug-likeness (QED) is 0.695. The van der Waals surface area contributed by atoms with Crippen molar-refractivity contribution in [1.29, 1.82) is 0 Å². The predicted molar refractivity (Wildman–Crippen MR) is 67.4 cm³/mol. The highest BCUT2D eigenvalue weighted by Gasteiger charge is 2.23. The standard InChI is InChI=1S/C12H27N3O/c1-12(13,10-16)9-15(3)8-11-4-6-14(2)7-5-11/h11,16H,4-10,13H2,1-3H3. The van der Waals surface area contributed by atoms with Gasteiger partial charge in [-0.05, 0) is 52.9 Å². The van der Waals surface area contributed by atoms with Gasteiger partial charge < -0.3 is 20.6 Å². The first-order valence-corrected chi connectivity index (χ1v) is 6.20. The summed E-state index contributed by atoms with van der Waals surface area (Å²) in [7, 11) is 4.28. The molecule has 1 fully saturated rings. The molecule has 1 aliphatic heterocycles. The van der Waals surface area contributed by atoms with Gasteiger partial charge in [-0.1, -0.05) is 0 Å². The van der Waals surface area contributed by atoms with Crippen molar-refractivity contribution in [2.24, 2.45) is 11.7 Å². The zero-order chi connectivity index (χ0) is 12.2. The maximum absolute atomic E-state index is 9.13. The van der Waals surface area contributed by atoms with Crippen LogP contribution in [0.2, 0.25) is 0 Å². The van der Waals surface area contributed by atoms with Gasteiger partial charge in [0.1, 0.15) is 0 Å². The third-order valence-electron chi connectivity index (χ3n) is 3.40. The molecule has 1 saturated heterocycles. The van der Waals surface area contributed by atoms with Crippen LogP contribution in [-0.4, -0.2) is 67.3 Å². The van der Waals surface area contributed by atoms with E-state index in [1.54, 1.807) is 0 Å². The first kappa shape index (κ1) is 13.9. The van der Waals surface area contributed by atoms with Crippen molar-refractivity contribution >= 4 is 0 Å². The Labute approximate surface area is 99.4 Å². The zero-order valence-electron chi connectivity index (χ0n) is 10.9. The fourth-order valence-electron chi connectivity index (χ4n) is 2.42. The van der Waals surface area contributed by atoms with Crippen LogP contribution in [0.25, 0.3) is 0 Å². The number of likely N-dealkylation sites (N-methyl/N-ethyl adjacent to an activating group) is 1. The molecule has 4 heteroatoms. The Hall–Kier alpha value is -0.160. The molecule has 0 aromatic rings. The minimum absolute atomic E-state index is 0.0464. The second-order valence-corrected chi connectivity index (χ2v) is 5.76. The molecule has 0 saturated carbocycles. The van der Waals surface area contributed by atoms with Gasteiger partial charge in [-0.15, -0.1) is 0 Å². The van der Waals surface area contributed by atoms with E-state index < -0.39 is 5.54 Å². The SMILES string of the molecule is CN1CCC(CN(C)CC(C)(N)CO)CC1. The lowest BCUT2D eigenvalue weighted by atomic mass is 9.96. The Morgan fingerprint density at radius 3 is 2.50 bits per heavy atom. The van der Waals surface area contributed by atoms with Crippen molar-refractivity contribution in [3.8, 4) is 0 Å². The maximum Gasteiger partial charge on any atom is 0.0621 e. The van der Waals surface area contributed by atoms with Gasteiger partial charge in [0.15, 0.2) is 0 Å². The number of hydrogen-bond acceptors (Lipinski definition) is 4. The molecule has 1 atom stereocenters. The summed E-state index contributed by atoms with van der Waals surface area (Å²) in [5.74, 6) is 0.788. The summed E-state index contributed by atoms with van der Waals surface area (Å²) >= 11 is 0. The van der Waals surface area contributed by atoms with E-state index in [-0.39, 0.29) is 6.61 Å². The molecular weight excluding hydrogens is 202 g/mol. The van der Waals surface area contributed by atoms with Crippen LogP contribution in [0.1, 0.15) is 19.8 Å². The van der Waals surface area contributed by atoms with Crippen LogP contribution in [0.4, 0.5) is 0 Å². The van der Waals surface area contributed by atoms with Crippen molar-refractivity contribution in [3.63, 3.8) is 0 Å². The molecule has 0 aliphatic carbocycles. The predicted octanol–water partition coefficient (Wildman–Crippen LogP) is -0.0303. The second kappa shape index (κ2) is 5.96. The fraction of sp³-hybridized carbons (Fsp3) is 1.00. The van der Waals surface area contributed by atoms with Crippen molar-refractivity contribution in [3.05, 3.63) is 0 Å². The van der Waals surface area contributed by atoms with E-state index >= 15 is 0 Å². The Kier molecular flexibility index (Phi) is 5.18.